The Bertz CT molecular complexity index is 967. The molecule has 0 aliphatic heterocycles. The molecule has 2 rings (SSSR count). The van der Waals surface area contributed by atoms with E-state index in [2.05, 4.69) is 32.5 Å². The predicted octanol–water partition coefficient (Wildman–Crippen LogP) is 5.08. The van der Waals surface area contributed by atoms with Crippen LogP contribution in [-0.4, -0.2) is 40.2 Å². The van der Waals surface area contributed by atoms with Gasteiger partial charge in [-0.3, -0.25) is 9.71 Å². The zero-order chi connectivity index (χ0) is 23.5. The van der Waals surface area contributed by atoms with Gasteiger partial charge in [-0.25, -0.2) is 0 Å². The van der Waals surface area contributed by atoms with Crippen molar-refractivity contribution in [3.05, 3.63) is 76.6 Å². The van der Waals surface area contributed by atoms with Crippen LogP contribution in [0.5, 0.6) is 11.5 Å². The van der Waals surface area contributed by atoms with Gasteiger partial charge in [0, 0.05) is 33.7 Å². The van der Waals surface area contributed by atoms with Gasteiger partial charge in [-0.15, -0.1) is 0 Å². The number of rotatable bonds is 11. The van der Waals surface area contributed by atoms with Crippen molar-refractivity contribution in [1.82, 2.24) is 10.0 Å². The lowest BCUT2D eigenvalue weighted by Gasteiger charge is -2.18. The fraction of sp³-hybridized carbons (Fsp3) is 0.292. The summed E-state index contributed by atoms with van der Waals surface area (Å²) < 4.78 is 4.04. The molecule has 1 aliphatic carbocycles. The van der Waals surface area contributed by atoms with Gasteiger partial charge >= 0.3 is 0 Å². The first-order valence-electron chi connectivity index (χ1n) is 10.3. The number of aliphatic imine (C=N–C) groups is 1. The zero-order valence-corrected chi connectivity index (χ0v) is 20.7. The van der Waals surface area contributed by atoms with Crippen molar-refractivity contribution in [3.63, 3.8) is 0 Å². The first kappa shape index (κ1) is 26.0. The Kier molecular flexibility index (Phi) is 10.8. The molecule has 0 heterocycles. The average molecular weight is 520 g/mol. The van der Waals surface area contributed by atoms with E-state index < -0.39 is 6.10 Å². The van der Waals surface area contributed by atoms with E-state index in [1.165, 1.54) is 24.1 Å². The third-order valence-corrected chi connectivity index (χ3v) is 6.32. The smallest absolute Gasteiger partial charge is 0.158 e. The van der Waals surface area contributed by atoms with Crippen LogP contribution in [0.4, 0.5) is 0 Å². The largest absolute Gasteiger partial charge is 0.504 e. The summed E-state index contributed by atoms with van der Waals surface area (Å²) >= 11 is 4.85. The van der Waals surface area contributed by atoms with Gasteiger partial charge in [-0.1, -0.05) is 30.9 Å². The Morgan fingerprint density at radius 1 is 1.28 bits per heavy atom. The molecule has 1 unspecified atom stereocenters. The van der Waals surface area contributed by atoms with E-state index in [9.17, 15) is 15.3 Å². The number of hydrogen-bond donors (Lipinski definition) is 5. The van der Waals surface area contributed by atoms with Crippen LogP contribution >= 0.6 is 27.9 Å². The number of phenolic OH excluding ortho intramolecular Hbond substituents is 2. The summed E-state index contributed by atoms with van der Waals surface area (Å²) in [5, 5.41) is 32.7. The van der Waals surface area contributed by atoms with E-state index in [-0.39, 0.29) is 11.5 Å². The van der Waals surface area contributed by atoms with Gasteiger partial charge in [0.25, 0.3) is 0 Å². The maximum absolute atomic E-state index is 10.4. The van der Waals surface area contributed by atoms with Crippen LogP contribution in [0.3, 0.4) is 0 Å². The number of aliphatic hydroxyl groups excluding tert-OH is 1. The number of benzene rings is 1. The minimum atomic E-state index is -0.585. The van der Waals surface area contributed by atoms with Gasteiger partial charge < -0.3 is 20.6 Å². The molecule has 0 amide bonds. The van der Waals surface area contributed by atoms with Crippen molar-refractivity contribution >= 4 is 33.6 Å². The summed E-state index contributed by atoms with van der Waals surface area (Å²) in [6.45, 7) is 9.15. The van der Waals surface area contributed by atoms with E-state index in [4.69, 9.17) is 4.99 Å². The highest BCUT2D eigenvalue weighted by molar-refractivity contribution is 9.11. The lowest BCUT2D eigenvalue weighted by molar-refractivity contribution is 0.219. The number of nitrogens with one attached hydrogen (secondary N) is 2. The van der Waals surface area contributed by atoms with Gasteiger partial charge in [0.05, 0.1) is 17.5 Å². The summed E-state index contributed by atoms with van der Waals surface area (Å²) in [5.41, 5.74) is 3.23. The molecular formula is C24H30BrN3O3S. The molecular weight excluding hydrogens is 490 g/mol. The summed E-state index contributed by atoms with van der Waals surface area (Å²) in [6.07, 6.45) is 10.3. The van der Waals surface area contributed by atoms with Crippen molar-refractivity contribution < 1.29 is 15.3 Å². The maximum Gasteiger partial charge on any atom is 0.158 e. The van der Waals surface area contributed by atoms with Gasteiger partial charge in [0.15, 0.2) is 11.5 Å². The molecule has 1 atom stereocenters. The Morgan fingerprint density at radius 3 is 2.75 bits per heavy atom. The van der Waals surface area contributed by atoms with Gasteiger partial charge in [0.1, 0.15) is 0 Å². The maximum atomic E-state index is 10.4. The zero-order valence-electron chi connectivity index (χ0n) is 18.3. The second-order valence-corrected chi connectivity index (χ2v) is 9.01. The van der Waals surface area contributed by atoms with Gasteiger partial charge in [-0.2, -0.15) is 0 Å². The van der Waals surface area contributed by atoms with E-state index >= 15 is 0 Å². The Labute approximate surface area is 202 Å². The lowest BCUT2D eigenvalue weighted by atomic mass is 9.96. The number of hydrogen-bond acceptors (Lipinski definition) is 7. The molecule has 0 saturated heterocycles. The van der Waals surface area contributed by atoms with Gasteiger partial charge in [0.2, 0.25) is 0 Å². The minimum absolute atomic E-state index is 0.126. The van der Waals surface area contributed by atoms with Gasteiger partial charge in [-0.05, 0) is 78.8 Å². The summed E-state index contributed by atoms with van der Waals surface area (Å²) in [5.74, 6) is -0.255. The molecule has 1 aliphatic rings. The molecule has 8 heteroatoms. The van der Waals surface area contributed by atoms with Crippen LogP contribution in [0, 0.1) is 0 Å². The molecule has 1 aromatic rings. The molecule has 0 aromatic heterocycles. The predicted molar refractivity (Wildman–Crippen MR) is 137 cm³/mol. The van der Waals surface area contributed by atoms with E-state index in [0.29, 0.717) is 12.1 Å². The van der Waals surface area contributed by atoms with Crippen LogP contribution in [0.1, 0.15) is 26.7 Å². The Hall–Kier alpha value is -2.26. The monoisotopic (exact) mass is 519 g/mol. The fourth-order valence-corrected chi connectivity index (χ4v) is 3.65. The Balaban J connectivity index is 1.92. The third kappa shape index (κ3) is 8.35. The first-order valence-corrected chi connectivity index (χ1v) is 11.9. The SMILES string of the molecule is C=C/C(Br)=C(C)/N=C(\C=C(/C)NCCCNSc1ccc(O)c(O)c1)C1=CC=CCC1O. The molecule has 32 heavy (non-hydrogen) atoms. The topological polar surface area (TPSA) is 97.1 Å². The number of aliphatic hydroxyl groups is 1. The highest BCUT2D eigenvalue weighted by atomic mass is 79.9. The number of aromatic hydroxyl groups is 2. The van der Waals surface area contributed by atoms with Crippen LogP contribution in [0.15, 0.2) is 86.5 Å². The van der Waals surface area contributed by atoms with Crippen LogP contribution in [0.25, 0.3) is 0 Å². The highest BCUT2D eigenvalue weighted by Crippen LogP contribution is 2.28. The highest BCUT2D eigenvalue weighted by Gasteiger charge is 2.17. The number of phenols is 2. The average Bonchev–Trinajstić information content (AvgIpc) is 2.77. The van der Waals surface area contributed by atoms with Crippen LogP contribution < -0.4 is 10.0 Å². The van der Waals surface area contributed by atoms with Crippen LogP contribution in [0.2, 0.25) is 0 Å². The number of allylic oxidation sites excluding steroid dienone is 7. The molecule has 0 spiro atoms. The van der Waals surface area contributed by atoms with Crippen molar-refractivity contribution in [3.8, 4) is 11.5 Å². The summed E-state index contributed by atoms with van der Waals surface area (Å²) in [7, 11) is 0. The quantitative estimate of drug-likeness (QED) is 0.0919. The number of halogens is 1. The van der Waals surface area contributed by atoms with Crippen molar-refractivity contribution in [2.24, 2.45) is 4.99 Å². The van der Waals surface area contributed by atoms with Crippen molar-refractivity contribution in [2.45, 2.75) is 37.7 Å². The fourth-order valence-electron chi connectivity index (χ4n) is 2.84. The molecule has 172 valence electrons. The van der Waals surface area contributed by atoms with E-state index in [0.717, 1.165) is 45.9 Å². The second kappa shape index (κ2) is 13.3. The van der Waals surface area contributed by atoms with Crippen molar-refractivity contribution in [2.75, 3.05) is 13.1 Å². The van der Waals surface area contributed by atoms with E-state index in [1.807, 2.05) is 38.2 Å². The molecule has 0 bridgehead atoms. The molecule has 0 saturated carbocycles. The molecule has 5 N–H and O–H groups in total. The molecule has 0 fully saturated rings. The molecule has 6 nitrogen and oxygen atoms in total. The third-order valence-electron chi connectivity index (χ3n) is 4.59. The lowest BCUT2D eigenvalue weighted by Crippen LogP contribution is -2.21. The van der Waals surface area contributed by atoms with E-state index in [1.54, 1.807) is 12.1 Å². The first-order chi connectivity index (χ1) is 15.3. The standard InChI is InChI=1S/C24H30BrN3O3S/c1-4-20(25)17(3)28-21(19-8-5-6-9-22(19)29)14-16(2)26-12-7-13-27-32-18-10-11-23(30)24(31)15-18/h4-6,8,10-11,14-15,22,26-27,29-31H,1,7,9,12-13H2,2-3H3/b16-14+,20-17-,28-21+. The summed E-state index contributed by atoms with van der Waals surface area (Å²) in [4.78, 5) is 5.54. The number of nitrogens with zero attached hydrogens (tertiary/aromatic N) is 1. The Morgan fingerprint density at radius 2 is 2.06 bits per heavy atom. The molecule has 0 radical (unpaired) electrons. The van der Waals surface area contributed by atoms with Crippen molar-refractivity contribution in [1.29, 1.82) is 0 Å². The normalized spacial score (nSPS) is 17.6. The minimum Gasteiger partial charge on any atom is -0.504 e. The summed E-state index contributed by atoms with van der Waals surface area (Å²) in [6, 6.07) is 4.72. The molecule has 1 aromatic carbocycles. The van der Waals surface area contributed by atoms with Crippen LogP contribution in [-0.2, 0) is 0 Å². The second-order valence-electron chi connectivity index (χ2n) is 7.19.